The molecule has 3 heteroatoms. The van der Waals surface area contributed by atoms with Crippen molar-refractivity contribution in [2.24, 2.45) is 11.1 Å². The van der Waals surface area contributed by atoms with E-state index in [0.717, 1.165) is 32.2 Å². The molecule has 1 aliphatic rings. The van der Waals surface area contributed by atoms with Gasteiger partial charge in [0.2, 0.25) is 5.91 Å². The number of nitrogens with two attached hydrogens (primary N) is 1. The molecule has 1 aliphatic heterocycles. The van der Waals surface area contributed by atoms with Crippen LogP contribution in [0.5, 0.6) is 0 Å². The summed E-state index contributed by atoms with van der Waals surface area (Å²) in [4.78, 5) is 14.6. The van der Waals surface area contributed by atoms with Gasteiger partial charge in [-0.1, -0.05) is 13.8 Å². The van der Waals surface area contributed by atoms with Crippen molar-refractivity contribution in [3.8, 4) is 0 Å². The van der Waals surface area contributed by atoms with E-state index < -0.39 is 0 Å². The average Bonchev–Trinajstić information content (AvgIpc) is 2.36. The number of hydrogen-bond acceptors (Lipinski definition) is 2. The molecule has 1 amide bonds. The van der Waals surface area contributed by atoms with E-state index in [4.69, 9.17) is 5.73 Å². The third-order valence-electron chi connectivity index (χ3n) is 4.11. The van der Waals surface area contributed by atoms with Crippen molar-refractivity contribution in [1.82, 2.24) is 4.90 Å². The van der Waals surface area contributed by atoms with Crippen LogP contribution in [-0.2, 0) is 4.79 Å². The van der Waals surface area contributed by atoms with E-state index in [1.165, 1.54) is 6.42 Å². The van der Waals surface area contributed by atoms with Crippen LogP contribution in [0.3, 0.4) is 0 Å². The molecule has 0 radical (unpaired) electrons. The monoisotopic (exact) mass is 226 g/mol. The highest BCUT2D eigenvalue weighted by molar-refractivity contribution is 5.83. The Morgan fingerprint density at radius 2 is 2.12 bits per heavy atom. The number of hydrogen-bond donors (Lipinski definition) is 1. The Balaban J connectivity index is 2.77. The van der Waals surface area contributed by atoms with E-state index in [0.29, 0.717) is 12.6 Å². The van der Waals surface area contributed by atoms with Gasteiger partial charge in [-0.2, -0.15) is 0 Å². The lowest BCUT2D eigenvalue weighted by Crippen LogP contribution is -2.51. The second-order valence-electron chi connectivity index (χ2n) is 5.17. The molecule has 1 rings (SSSR count). The van der Waals surface area contributed by atoms with E-state index in [1.807, 2.05) is 6.92 Å². The maximum atomic E-state index is 12.5. The van der Waals surface area contributed by atoms with Gasteiger partial charge in [0.05, 0.1) is 5.41 Å². The SMILES string of the molecule is CCC1CCCCN1C(=O)C(C)(CC)CN. The summed E-state index contributed by atoms with van der Waals surface area (Å²) in [7, 11) is 0. The van der Waals surface area contributed by atoms with Gasteiger partial charge in [0, 0.05) is 19.1 Å². The Bertz CT molecular complexity index is 236. The summed E-state index contributed by atoms with van der Waals surface area (Å²) in [5.41, 5.74) is 5.41. The third-order valence-corrected chi connectivity index (χ3v) is 4.11. The Kier molecular flexibility index (Phi) is 4.78. The minimum Gasteiger partial charge on any atom is -0.339 e. The third kappa shape index (κ3) is 2.57. The first-order valence-electron chi connectivity index (χ1n) is 6.60. The summed E-state index contributed by atoms with van der Waals surface area (Å²) in [6, 6.07) is 0.443. The van der Waals surface area contributed by atoms with Crippen LogP contribution in [0.25, 0.3) is 0 Å². The molecule has 0 aromatic carbocycles. The fourth-order valence-electron chi connectivity index (χ4n) is 2.42. The van der Waals surface area contributed by atoms with Gasteiger partial charge >= 0.3 is 0 Å². The van der Waals surface area contributed by atoms with Crippen LogP contribution in [0.2, 0.25) is 0 Å². The molecule has 0 aromatic heterocycles. The van der Waals surface area contributed by atoms with E-state index in [-0.39, 0.29) is 11.3 Å². The maximum absolute atomic E-state index is 12.5. The van der Waals surface area contributed by atoms with Crippen molar-refractivity contribution in [1.29, 1.82) is 0 Å². The summed E-state index contributed by atoms with van der Waals surface area (Å²) in [5, 5.41) is 0. The molecule has 16 heavy (non-hydrogen) atoms. The van der Waals surface area contributed by atoms with Gasteiger partial charge in [-0.3, -0.25) is 4.79 Å². The molecule has 0 bridgehead atoms. The van der Waals surface area contributed by atoms with E-state index in [2.05, 4.69) is 18.7 Å². The molecule has 0 saturated carbocycles. The van der Waals surface area contributed by atoms with Crippen LogP contribution in [0, 0.1) is 5.41 Å². The molecule has 2 unspecified atom stereocenters. The van der Waals surface area contributed by atoms with Gasteiger partial charge in [0.1, 0.15) is 0 Å². The van der Waals surface area contributed by atoms with Crippen LogP contribution >= 0.6 is 0 Å². The number of amides is 1. The van der Waals surface area contributed by atoms with Gasteiger partial charge in [0.25, 0.3) is 0 Å². The first-order valence-corrected chi connectivity index (χ1v) is 6.60. The lowest BCUT2D eigenvalue weighted by Gasteiger charge is -2.40. The van der Waals surface area contributed by atoms with Crippen molar-refractivity contribution in [3.63, 3.8) is 0 Å². The highest BCUT2D eigenvalue weighted by atomic mass is 16.2. The minimum absolute atomic E-state index is 0.268. The zero-order valence-corrected chi connectivity index (χ0v) is 11.0. The fourth-order valence-corrected chi connectivity index (χ4v) is 2.42. The predicted octanol–water partition coefficient (Wildman–Crippen LogP) is 2.15. The largest absolute Gasteiger partial charge is 0.339 e. The Morgan fingerprint density at radius 1 is 1.44 bits per heavy atom. The van der Waals surface area contributed by atoms with Gasteiger partial charge in [-0.15, -0.1) is 0 Å². The molecule has 2 N–H and O–H groups in total. The number of piperidine rings is 1. The molecular weight excluding hydrogens is 200 g/mol. The number of rotatable bonds is 4. The smallest absolute Gasteiger partial charge is 0.230 e. The van der Waals surface area contributed by atoms with E-state index in [9.17, 15) is 4.79 Å². The van der Waals surface area contributed by atoms with Gasteiger partial charge in [-0.25, -0.2) is 0 Å². The molecule has 0 spiro atoms. The molecule has 1 saturated heterocycles. The fraction of sp³-hybridized carbons (Fsp3) is 0.923. The number of carbonyl (C=O) groups is 1. The lowest BCUT2D eigenvalue weighted by atomic mass is 9.84. The van der Waals surface area contributed by atoms with Gasteiger partial charge in [-0.05, 0) is 39.0 Å². The van der Waals surface area contributed by atoms with E-state index in [1.54, 1.807) is 0 Å². The van der Waals surface area contributed by atoms with Crippen molar-refractivity contribution in [2.45, 2.75) is 58.9 Å². The van der Waals surface area contributed by atoms with Crippen LogP contribution < -0.4 is 5.73 Å². The lowest BCUT2D eigenvalue weighted by molar-refractivity contribution is -0.144. The zero-order valence-electron chi connectivity index (χ0n) is 11.0. The number of nitrogens with zero attached hydrogens (tertiary/aromatic N) is 1. The van der Waals surface area contributed by atoms with Crippen molar-refractivity contribution in [3.05, 3.63) is 0 Å². The first kappa shape index (κ1) is 13.5. The quantitative estimate of drug-likeness (QED) is 0.798. The average molecular weight is 226 g/mol. The Hall–Kier alpha value is -0.570. The Morgan fingerprint density at radius 3 is 2.62 bits per heavy atom. The standard InChI is InChI=1S/C13H26N2O/c1-4-11-8-6-7-9-15(11)12(16)13(3,5-2)10-14/h11H,4-10,14H2,1-3H3. The van der Waals surface area contributed by atoms with Crippen LogP contribution in [0.1, 0.15) is 52.9 Å². The summed E-state index contributed by atoms with van der Waals surface area (Å²) < 4.78 is 0. The molecular formula is C13H26N2O. The maximum Gasteiger partial charge on any atom is 0.230 e. The van der Waals surface area contributed by atoms with Gasteiger partial charge < -0.3 is 10.6 Å². The van der Waals surface area contributed by atoms with Crippen molar-refractivity contribution in [2.75, 3.05) is 13.1 Å². The molecule has 1 fully saturated rings. The summed E-state index contributed by atoms with van der Waals surface area (Å²) >= 11 is 0. The van der Waals surface area contributed by atoms with Crippen molar-refractivity contribution < 1.29 is 4.79 Å². The van der Waals surface area contributed by atoms with Crippen LogP contribution in [0.4, 0.5) is 0 Å². The second-order valence-corrected chi connectivity index (χ2v) is 5.17. The molecule has 2 atom stereocenters. The Labute approximate surface area is 99.4 Å². The molecule has 1 heterocycles. The highest BCUT2D eigenvalue weighted by Crippen LogP contribution is 2.28. The highest BCUT2D eigenvalue weighted by Gasteiger charge is 2.37. The van der Waals surface area contributed by atoms with Gasteiger partial charge in [0.15, 0.2) is 0 Å². The molecule has 0 aliphatic carbocycles. The summed E-state index contributed by atoms with van der Waals surface area (Å²) in [6.07, 6.45) is 5.46. The molecule has 0 aromatic rings. The summed E-state index contributed by atoms with van der Waals surface area (Å²) in [5.74, 6) is 0.268. The van der Waals surface area contributed by atoms with E-state index >= 15 is 0 Å². The zero-order chi connectivity index (χ0) is 12.2. The molecule has 3 nitrogen and oxygen atoms in total. The number of likely N-dealkylation sites (tertiary alicyclic amines) is 1. The number of carbonyl (C=O) groups excluding carboxylic acids is 1. The summed E-state index contributed by atoms with van der Waals surface area (Å²) in [6.45, 7) is 7.59. The molecule has 94 valence electrons. The predicted molar refractivity (Wildman–Crippen MR) is 67.1 cm³/mol. The minimum atomic E-state index is -0.356. The first-order chi connectivity index (χ1) is 7.59. The van der Waals surface area contributed by atoms with Crippen LogP contribution in [0.15, 0.2) is 0 Å². The topological polar surface area (TPSA) is 46.3 Å². The normalized spacial score (nSPS) is 25.2. The van der Waals surface area contributed by atoms with Crippen LogP contribution in [-0.4, -0.2) is 29.9 Å². The second kappa shape index (κ2) is 5.67. The van der Waals surface area contributed by atoms with Crippen molar-refractivity contribution >= 4 is 5.91 Å².